The van der Waals surface area contributed by atoms with Gasteiger partial charge in [0, 0.05) is 12.2 Å². The van der Waals surface area contributed by atoms with Crippen molar-refractivity contribution in [2.24, 2.45) is 0 Å². The van der Waals surface area contributed by atoms with Gasteiger partial charge in [-0.1, -0.05) is 45.1 Å². The molecule has 0 aliphatic heterocycles. The predicted molar refractivity (Wildman–Crippen MR) is 83.8 cm³/mol. The first-order valence-electron chi connectivity index (χ1n) is 7.51. The number of carboxylic acids is 1. The van der Waals surface area contributed by atoms with Crippen LogP contribution in [0.5, 0.6) is 0 Å². The fraction of sp³-hybridized carbons (Fsp3) is 0.500. The van der Waals surface area contributed by atoms with Gasteiger partial charge >= 0.3 is 12.0 Å². The highest BCUT2D eigenvalue weighted by atomic mass is 16.4. The summed E-state index contributed by atoms with van der Waals surface area (Å²) in [7, 11) is 0. The molecule has 0 atom stereocenters. The van der Waals surface area contributed by atoms with Crippen molar-refractivity contribution >= 4 is 17.7 Å². The van der Waals surface area contributed by atoms with Gasteiger partial charge in [-0.2, -0.15) is 0 Å². The van der Waals surface area contributed by atoms with E-state index in [1.807, 2.05) is 0 Å². The molecule has 0 aliphatic rings. The van der Waals surface area contributed by atoms with Crippen LogP contribution in [-0.4, -0.2) is 23.7 Å². The minimum atomic E-state index is -1.01. The molecule has 5 heteroatoms. The van der Waals surface area contributed by atoms with Crippen LogP contribution >= 0.6 is 0 Å². The zero-order valence-electron chi connectivity index (χ0n) is 12.5. The normalized spacial score (nSPS) is 10.1. The van der Waals surface area contributed by atoms with Crippen molar-refractivity contribution in [1.82, 2.24) is 5.32 Å². The highest BCUT2D eigenvalue weighted by Crippen LogP contribution is 2.10. The van der Waals surface area contributed by atoms with Crippen molar-refractivity contribution in [3.8, 4) is 0 Å². The zero-order valence-corrected chi connectivity index (χ0v) is 12.5. The third-order valence-corrected chi connectivity index (χ3v) is 3.18. The van der Waals surface area contributed by atoms with Crippen LogP contribution in [0.1, 0.15) is 55.8 Å². The lowest BCUT2D eigenvalue weighted by molar-refractivity contribution is 0.0697. The van der Waals surface area contributed by atoms with Crippen molar-refractivity contribution in [3.63, 3.8) is 0 Å². The highest BCUT2D eigenvalue weighted by Gasteiger charge is 2.05. The van der Waals surface area contributed by atoms with E-state index in [1.165, 1.54) is 37.8 Å². The molecular weight excluding hydrogens is 268 g/mol. The van der Waals surface area contributed by atoms with Crippen LogP contribution in [0.25, 0.3) is 0 Å². The van der Waals surface area contributed by atoms with E-state index in [0.717, 1.165) is 12.8 Å². The van der Waals surface area contributed by atoms with Gasteiger partial charge in [0.25, 0.3) is 0 Å². The second kappa shape index (κ2) is 9.80. The third kappa shape index (κ3) is 7.34. The van der Waals surface area contributed by atoms with E-state index in [4.69, 9.17) is 5.11 Å². The van der Waals surface area contributed by atoms with Crippen molar-refractivity contribution in [2.45, 2.75) is 45.4 Å². The van der Waals surface area contributed by atoms with Gasteiger partial charge in [0.2, 0.25) is 0 Å². The molecule has 0 bridgehead atoms. The molecular formula is C16H24N2O3. The van der Waals surface area contributed by atoms with Crippen molar-refractivity contribution in [2.75, 3.05) is 11.9 Å². The lowest BCUT2D eigenvalue weighted by Gasteiger charge is -2.08. The van der Waals surface area contributed by atoms with Gasteiger partial charge in [-0.3, -0.25) is 0 Å². The molecule has 1 aromatic rings. The number of carbonyl (C=O) groups excluding carboxylic acids is 1. The number of unbranched alkanes of at least 4 members (excludes halogenated alkanes) is 5. The Labute approximate surface area is 125 Å². The molecule has 1 aromatic carbocycles. The Hall–Kier alpha value is -2.04. The monoisotopic (exact) mass is 292 g/mol. The molecule has 21 heavy (non-hydrogen) atoms. The molecule has 0 fully saturated rings. The van der Waals surface area contributed by atoms with Gasteiger partial charge in [-0.15, -0.1) is 0 Å². The van der Waals surface area contributed by atoms with Gasteiger partial charge in [0.1, 0.15) is 0 Å². The number of benzene rings is 1. The lowest BCUT2D eigenvalue weighted by Crippen LogP contribution is -2.29. The van der Waals surface area contributed by atoms with Crippen LogP contribution in [0.2, 0.25) is 0 Å². The summed E-state index contributed by atoms with van der Waals surface area (Å²) in [6, 6.07) is 5.89. The van der Waals surface area contributed by atoms with E-state index in [9.17, 15) is 9.59 Å². The van der Waals surface area contributed by atoms with E-state index < -0.39 is 5.97 Å². The van der Waals surface area contributed by atoms with Crippen LogP contribution < -0.4 is 10.6 Å². The molecule has 0 heterocycles. The van der Waals surface area contributed by atoms with E-state index in [-0.39, 0.29) is 11.6 Å². The van der Waals surface area contributed by atoms with Gasteiger partial charge < -0.3 is 15.7 Å². The number of rotatable bonds is 9. The first-order valence-corrected chi connectivity index (χ1v) is 7.51. The number of carboxylic acid groups (broad SMARTS) is 1. The summed E-state index contributed by atoms with van der Waals surface area (Å²) < 4.78 is 0. The number of nitrogens with one attached hydrogen (secondary N) is 2. The van der Waals surface area contributed by atoms with Gasteiger partial charge in [-0.25, -0.2) is 9.59 Å². The average Bonchev–Trinajstić information content (AvgIpc) is 2.46. The standard InChI is InChI=1S/C16H24N2O3/c1-2-3-4-5-6-7-11-17-16(21)18-14-10-8-9-13(12-14)15(19)20/h8-10,12H,2-7,11H2,1H3,(H,19,20)(H2,17,18,21). The molecule has 0 aliphatic carbocycles. The first kappa shape index (κ1) is 17.0. The molecule has 0 saturated carbocycles. The largest absolute Gasteiger partial charge is 0.478 e. The molecule has 0 unspecified atom stereocenters. The number of anilines is 1. The molecule has 116 valence electrons. The lowest BCUT2D eigenvalue weighted by atomic mass is 10.1. The molecule has 2 amide bonds. The quantitative estimate of drug-likeness (QED) is 0.605. The van der Waals surface area contributed by atoms with Crippen LogP contribution in [0.3, 0.4) is 0 Å². The minimum absolute atomic E-state index is 0.156. The predicted octanol–water partition coefficient (Wildman–Crippen LogP) is 3.87. The maximum Gasteiger partial charge on any atom is 0.335 e. The average molecular weight is 292 g/mol. The minimum Gasteiger partial charge on any atom is -0.478 e. The van der Waals surface area contributed by atoms with Gasteiger partial charge in [0.05, 0.1) is 5.56 Å². The Morgan fingerprint density at radius 3 is 2.52 bits per heavy atom. The van der Waals surface area contributed by atoms with Gasteiger partial charge in [-0.05, 0) is 24.6 Å². The summed E-state index contributed by atoms with van der Waals surface area (Å²) in [5.74, 6) is -1.01. The Morgan fingerprint density at radius 1 is 1.10 bits per heavy atom. The summed E-state index contributed by atoms with van der Waals surface area (Å²) in [5.41, 5.74) is 0.638. The third-order valence-electron chi connectivity index (χ3n) is 3.18. The number of amides is 2. The van der Waals surface area contributed by atoms with E-state index >= 15 is 0 Å². The number of urea groups is 1. The Balaban J connectivity index is 2.21. The molecule has 1 rings (SSSR count). The van der Waals surface area contributed by atoms with Crippen LogP contribution in [0.4, 0.5) is 10.5 Å². The SMILES string of the molecule is CCCCCCCCNC(=O)Nc1cccc(C(=O)O)c1. The Morgan fingerprint density at radius 2 is 1.81 bits per heavy atom. The summed E-state index contributed by atoms with van der Waals surface area (Å²) in [4.78, 5) is 22.5. The molecule has 3 N–H and O–H groups in total. The second-order valence-electron chi connectivity index (χ2n) is 5.03. The maximum absolute atomic E-state index is 11.7. The molecule has 0 aromatic heterocycles. The summed E-state index contributed by atoms with van der Waals surface area (Å²) >= 11 is 0. The summed E-state index contributed by atoms with van der Waals surface area (Å²) in [6.07, 6.45) is 7.05. The van der Waals surface area contributed by atoms with Crippen LogP contribution in [0, 0.1) is 0 Å². The number of carbonyl (C=O) groups is 2. The van der Waals surface area contributed by atoms with Crippen molar-refractivity contribution < 1.29 is 14.7 Å². The number of aromatic carboxylic acids is 1. The number of hydrogen-bond acceptors (Lipinski definition) is 2. The van der Waals surface area contributed by atoms with Gasteiger partial charge in [0.15, 0.2) is 0 Å². The van der Waals surface area contributed by atoms with Crippen LogP contribution in [0.15, 0.2) is 24.3 Å². The first-order chi connectivity index (χ1) is 10.1. The zero-order chi connectivity index (χ0) is 15.5. The molecule has 0 spiro atoms. The smallest absolute Gasteiger partial charge is 0.335 e. The van der Waals surface area contributed by atoms with Crippen molar-refractivity contribution in [3.05, 3.63) is 29.8 Å². The number of hydrogen-bond donors (Lipinski definition) is 3. The maximum atomic E-state index is 11.7. The Bertz CT molecular complexity index is 461. The van der Waals surface area contributed by atoms with Crippen molar-refractivity contribution in [1.29, 1.82) is 0 Å². The Kier molecular flexibility index (Phi) is 7.94. The molecule has 0 radical (unpaired) electrons. The highest BCUT2D eigenvalue weighted by molar-refractivity contribution is 5.93. The summed E-state index contributed by atoms with van der Waals surface area (Å²) in [5, 5.41) is 14.3. The van der Waals surface area contributed by atoms with E-state index in [1.54, 1.807) is 12.1 Å². The van der Waals surface area contributed by atoms with E-state index in [2.05, 4.69) is 17.6 Å². The molecule has 5 nitrogen and oxygen atoms in total. The fourth-order valence-electron chi connectivity index (χ4n) is 2.01. The second-order valence-corrected chi connectivity index (χ2v) is 5.03. The van der Waals surface area contributed by atoms with Crippen LogP contribution in [-0.2, 0) is 0 Å². The summed E-state index contributed by atoms with van der Waals surface area (Å²) in [6.45, 7) is 2.82. The fourth-order valence-corrected chi connectivity index (χ4v) is 2.01. The van der Waals surface area contributed by atoms with E-state index in [0.29, 0.717) is 12.2 Å². The molecule has 0 saturated heterocycles. The topological polar surface area (TPSA) is 78.4 Å².